The summed E-state index contributed by atoms with van der Waals surface area (Å²) in [6.07, 6.45) is 1.09. The largest absolute Gasteiger partial charge is 0.390 e. The number of hydrogen-bond acceptors (Lipinski definition) is 6. The second-order valence-electron chi connectivity index (χ2n) is 5.91. The molecule has 1 aromatic rings. The SMILES string of the molecule is O=C(CCN1C(=O)S/C(=C\c2ccc(Cl)cc2)C1=O)N[C@@H]1CSC[C@H]1O. The van der Waals surface area contributed by atoms with Gasteiger partial charge in [0.25, 0.3) is 11.1 Å². The van der Waals surface area contributed by atoms with E-state index < -0.39 is 12.0 Å². The summed E-state index contributed by atoms with van der Waals surface area (Å²) < 4.78 is 0. The fourth-order valence-corrected chi connectivity index (χ4v) is 4.74. The van der Waals surface area contributed by atoms with Gasteiger partial charge in [0.05, 0.1) is 17.1 Å². The molecule has 138 valence electrons. The molecule has 2 N–H and O–H groups in total. The minimum atomic E-state index is -0.552. The van der Waals surface area contributed by atoms with Gasteiger partial charge in [0.2, 0.25) is 5.91 Å². The Labute approximate surface area is 164 Å². The lowest BCUT2D eigenvalue weighted by molar-refractivity contribution is -0.124. The van der Waals surface area contributed by atoms with Gasteiger partial charge in [-0.2, -0.15) is 11.8 Å². The summed E-state index contributed by atoms with van der Waals surface area (Å²) in [5, 5.41) is 12.7. The molecule has 1 aromatic carbocycles. The molecule has 3 amide bonds. The van der Waals surface area contributed by atoms with Gasteiger partial charge in [-0.05, 0) is 35.5 Å². The molecule has 0 spiro atoms. The average Bonchev–Trinajstić information content (AvgIpc) is 3.12. The normalized spacial score (nSPS) is 24.5. The van der Waals surface area contributed by atoms with Crippen molar-refractivity contribution in [1.82, 2.24) is 10.2 Å². The van der Waals surface area contributed by atoms with E-state index in [9.17, 15) is 19.5 Å². The zero-order valence-electron chi connectivity index (χ0n) is 13.7. The van der Waals surface area contributed by atoms with Crippen LogP contribution in [0.3, 0.4) is 0 Å². The third-order valence-corrected chi connectivity index (χ3v) is 6.33. The Morgan fingerprint density at radius 3 is 2.69 bits per heavy atom. The second-order valence-corrected chi connectivity index (χ2v) is 8.42. The van der Waals surface area contributed by atoms with Crippen LogP contribution < -0.4 is 5.32 Å². The van der Waals surface area contributed by atoms with Gasteiger partial charge in [0, 0.05) is 29.5 Å². The predicted molar refractivity (Wildman–Crippen MR) is 104 cm³/mol. The number of imide groups is 1. The maximum atomic E-state index is 12.4. The number of aliphatic hydroxyl groups excluding tert-OH is 1. The first-order valence-corrected chi connectivity index (χ1v) is 10.3. The summed E-state index contributed by atoms with van der Waals surface area (Å²) in [6.45, 7) is 0.0183. The van der Waals surface area contributed by atoms with Crippen LogP contribution in [0.4, 0.5) is 4.79 Å². The summed E-state index contributed by atoms with van der Waals surface area (Å²) in [7, 11) is 0. The number of carbonyl (C=O) groups excluding carboxylic acids is 3. The Balaban J connectivity index is 1.57. The lowest BCUT2D eigenvalue weighted by Gasteiger charge is -2.17. The lowest BCUT2D eigenvalue weighted by Crippen LogP contribution is -2.43. The molecular weight excluding hydrogens is 396 g/mol. The molecule has 26 heavy (non-hydrogen) atoms. The second kappa shape index (κ2) is 8.47. The molecule has 6 nitrogen and oxygen atoms in total. The van der Waals surface area contributed by atoms with Crippen LogP contribution >= 0.6 is 35.1 Å². The van der Waals surface area contributed by atoms with E-state index >= 15 is 0 Å². The lowest BCUT2D eigenvalue weighted by atomic mass is 10.2. The molecule has 2 heterocycles. The summed E-state index contributed by atoms with van der Waals surface area (Å²) in [5.41, 5.74) is 0.769. The molecule has 2 aliphatic heterocycles. The summed E-state index contributed by atoms with van der Waals surface area (Å²) >= 11 is 8.27. The van der Waals surface area contributed by atoms with Crippen LogP contribution in [0.15, 0.2) is 29.2 Å². The Hall–Kier alpha value is -1.48. The Kier molecular flexibility index (Phi) is 6.29. The van der Waals surface area contributed by atoms with Crippen LogP contribution in [-0.4, -0.2) is 57.3 Å². The molecule has 9 heteroatoms. The molecule has 2 fully saturated rings. The molecule has 2 aliphatic rings. The highest BCUT2D eigenvalue weighted by Gasteiger charge is 2.35. The number of benzene rings is 1. The van der Waals surface area contributed by atoms with Crippen molar-refractivity contribution in [3.63, 3.8) is 0 Å². The summed E-state index contributed by atoms with van der Waals surface area (Å²) in [5.74, 6) is 0.582. The van der Waals surface area contributed by atoms with Gasteiger partial charge in [-0.3, -0.25) is 19.3 Å². The molecule has 0 aliphatic carbocycles. The molecule has 3 rings (SSSR count). The van der Waals surface area contributed by atoms with E-state index in [1.54, 1.807) is 42.1 Å². The Bertz CT molecular complexity index is 754. The first-order valence-electron chi connectivity index (χ1n) is 8.00. The Morgan fingerprint density at radius 1 is 1.31 bits per heavy atom. The zero-order chi connectivity index (χ0) is 18.7. The highest BCUT2D eigenvalue weighted by molar-refractivity contribution is 8.18. The quantitative estimate of drug-likeness (QED) is 0.722. The van der Waals surface area contributed by atoms with Gasteiger partial charge in [0.15, 0.2) is 0 Å². The molecule has 2 atom stereocenters. The van der Waals surface area contributed by atoms with E-state index in [2.05, 4.69) is 5.32 Å². The maximum Gasteiger partial charge on any atom is 0.293 e. The van der Waals surface area contributed by atoms with E-state index in [1.165, 1.54) is 0 Å². The summed E-state index contributed by atoms with van der Waals surface area (Å²) in [6, 6.07) is 6.66. The number of aliphatic hydroxyl groups is 1. The van der Waals surface area contributed by atoms with Gasteiger partial charge in [-0.15, -0.1) is 0 Å². The topological polar surface area (TPSA) is 86.7 Å². The van der Waals surface area contributed by atoms with Gasteiger partial charge in [0.1, 0.15) is 0 Å². The van der Waals surface area contributed by atoms with Crippen LogP contribution in [0.25, 0.3) is 6.08 Å². The van der Waals surface area contributed by atoms with Crippen molar-refractivity contribution >= 4 is 58.3 Å². The van der Waals surface area contributed by atoms with Crippen molar-refractivity contribution in [3.05, 3.63) is 39.8 Å². The highest BCUT2D eigenvalue weighted by atomic mass is 35.5. The molecule has 2 saturated heterocycles. The smallest absolute Gasteiger partial charge is 0.293 e. The van der Waals surface area contributed by atoms with Gasteiger partial charge >= 0.3 is 0 Å². The minimum Gasteiger partial charge on any atom is -0.390 e. The number of nitrogens with one attached hydrogen (secondary N) is 1. The van der Waals surface area contributed by atoms with E-state index in [0.29, 0.717) is 21.4 Å². The van der Waals surface area contributed by atoms with Crippen LogP contribution in [0.2, 0.25) is 5.02 Å². The number of halogens is 1. The number of nitrogens with zero attached hydrogens (tertiary/aromatic N) is 1. The first kappa shape index (κ1) is 19.3. The van der Waals surface area contributed by atoms with Crippen molar-refractivity contribution in [2.75, 3.05) is 18.1 Å². The van der Waals surface area contributed by atoms with Crippen molar-refractivity contribution in [3.8, 4) is 0 Å². The molecule has 0 bridgehead atoms. The van der Waals surface area contributed by atoms with Crippen LogP contribution in [-0.2, 0) is 9.59 Å². The van der Waals surface area contributed by atoms with Crippen molar-refractivity contribution in [2.45, 2.75) is 18.6 Å². The zero-order valence-corrected chi connectivity index (χ0v) is 16.1. The van der Waals surface area contributed by atoms with Gasteiger partial charge < -0.3 is 10.4 Å². The Morgan fingerprint density at radius 2 is 2.04 bits per heavy atom. The van der Waals surface area contributed by atoms with Gasteiger partial charge in [-0.1, -0.05) is 23.7 Å². The van der Waals surface area contributed by atoms with Gasteiger partial charge in [-0.25, -0.2) is 0 Å². The average molecular weight is 413 g/mol. The third-order valence-electron chi connectivity index (χ3n) is 4.00. The predicted octanol–water partition coefficient (Wildman–Crippen LogP) is 2.36. The molecular formula is C17H17ClN2O4S2. The number of thioether (sulfide) groups is 2. The number of rotatable bonds is 5. The molecule has 0 saturated carbocycles. The monoisotopic (exact) mass is 412 g/mol. The molecule has 0 aromatic heterocycles. The first-order chi connectivity index (χ1) is 12.4. The van der Waals surface area contributed by atoms with E-state index in [-0.39, 0.29) is 30.2 Å². The van der Waals surface area contributed by atoms with Crippen molar-refractivity contribution < 1.29 is 19.5 Å². The van der Waals surface area contributed by atoms with Crippen LogP contribution in [0.1, 0.15) is 12.0 Å². The highest BCUT2D eigenvalue weighted by Crippen LogP contribution is 2.32. The third kappa shape index (κ3) is 4.62. The molecule has 0 radical (unpaired) electrons. The number of hydrogen-bond donors (Lipinski definition) is 2. The fraction of sp³-hybridized carbons (Fsp3) is 0.353. The van der Waals surface area contributed by atoms with Crippen molar-refractivity contribution in [1.29, 1.82) is 0 Å². The minimum absolute atomic E-state index is 0.0140. The number of amides is 3. The van der Waals surface area contributed by atoms with Crippen molar-refractivity contribution in [2.24, 2.45) is 0 Å². The fourth-order valence-electron chi connectivity index (χ4n) is 2.58. The van der Waals surface area contributed by atoms with Crippen LogP contribution in [0, 0.1) is 0 Å². The van der Waals surface area contributed by atoms with E-state index in [4.69, 9.17) is 11.6 Å². The number of carbonyl (C=O) groups is 3. The maximum absolute atomic E-state index is 12.4. The van der Waals surface area contributed by atoms with Crippen LogP contribution in [0.5, 0.6) is 0 Å². The standard InChI is InChI=1S/C17H17ClN2O4S2/c18-11-3-1-10(2-4-11)7-14-16(23)20(17(24)26-14)6-5-15(22)19-12-8-25-9-13(12)21/h1-4,7,12-13,21H,5-6,8-9H2,(H,19,22)/b14-7-/t12-,13-/m1/s1. The van der Waals surface area contributed by atoms with E-state index in [0.717, 1.165) is 22.2 Å². The molecule has 0 unspecified atom stereocenters. The van der Waals surface area contributed by atoms with E-state index in [1.807, 2.05) is 0 Å². The summed E-state index contributed by atoms with van der Waals surface area (Å²) in [4.78, 5) is 37.9.